The third-order valence-electron chi connectivity index (χ3n) is 5.08. The van der Waals surface area contributed by atoms with Crippen LogP contribution in [0.3, 0.4) is 0 Å². The van der Waals surface area contributed by atoms with Crippen molar-refractivity contribution in [1.82, 2.24) is 9.55 Å². The topological polar surface area (TPSA) is 68.2 Å². The number of aromatic nitrogens is 2. The van der Waals surface area contributed by atoms with Gasteiger partial charge in [-0.05, 0) is 48.5 Å². The van der Waals surface area contributed by atoms with Crippen molar-refractivity contribution in [3.05, 3.63) is 76.0 Å². The summed E-state index contributed by atoms with van der Waals surface area (Å²) in [7, 11) is 2.97. The van der Waals surface area contributed by atoms with Gasteiger partial charge in [-0.2, -0.15) is 13.2 Å². The van der Waals surface area contributed by atoms with E-state index in [1.54, 1.807) is 37.4 Å². The number of hydrogen-bond acceptors (Lipinski definition) is 4. The van der Waals surface area contributed by atoms with Crippen LogP contribution >= 0.6 is 15.9 Å². The molecule has 0 atom stereocenters. The van der Waals surface area contributed by atoms with Crippen molar-refractivity contribution in [2.75, 3.05) is 17.7 Å². The van der Waals surface area contributed by atoms with Crippen LogP contribution in [0, 0.1) is 5.82 Å². The molecule has 176 valence electrons. The maximum absolute atomic E-state index is 13.7. The highest BCUT2D eigenvalue weighted by molar-refractivity contribution is 9.10. The highest BCUT2D eigenvalue weighted by atomic mass is 79.9. The third-order valence-corrected chi connectivity index (χ3v) is 5.61. The number of nitrogens with one attached hydrogen (secondary N) is 2. The van der Waals surface area contributed by atoms with E-state index in [9.17, 15) is 22.4 Å². The molecule has 1 amide bonds. The molecular weight excluding hydrogens is 520 g/mol. The summed E-state index contributed by atoms with van der Waals surface area (Å²) in [6.45, 7) is 0. The van der Waals surface area contributed by atoms with E-state index >= 15 is 0 Å². The molecular formula is C23H17BrF4N4O2. The number of hydrogen-bond donors (Lipinski definition) is 2. The van der Waals surface area contributed by atoms with Gasteiger partial charge in [0.25, 0.3) is 5.91 Å². The molecule has 0 saturated heterocycles. The van der Waals surface area contributed by atoms with E-state index in [0.29, 0.717) is 22.8 Å². The first-order chi connectivity index (χ1) is 16.1. The zero-order valence-corrected chi connectivity index (χ0v) is 19.4. The number of carbonyl (C=O) groups excluding carboxylic acids is 1. The largest absolute Gasteiger partial charge is 0.496 e. The van der Waals surface area contributed by atoms with Crippen LogP contribution in [0.4, 0.5) is 34.9 Å². The predicted molar refractivity (Wildman–Crippen MR) is 124 cm³/mol. The predicted octanol–water partition coefficient (Wildman–Crippen LogP) is 6.50. The molecule has 4 rings (SSSR count). The zero-order chi connectivity index (χ0) is 24.6. The normalized spacial score (nSPS) is 11.5. The van der Waals surface area contributed by atoms with E-state index in [0.717, 1.165) is 16.6 Å². The van der Waals surface area contributed by atoms with Gasteiger partial charge in [-0.25, -0.2) is 9.37 Å². The standard InChI is InChI=1S/C23H17BrF4N4O2/c1-32-19-11-20(34-2)15(21(33)29-14-6-3-12(24)4-7-14)10-18(19)31-22(32)30-17-9-13(25)5-8-16(17)23(26,27)28/h3-11H,1-2H3,(H,29,33)(H,30,31). The highest BCUT2D eigenvalue weighted by Gasteiger charge is 2.34. The van der Waals surface area contributed by atoms with Crippen molar-refractivity contribution in [3.8, 4) is 5.75 Å². The lowest BCUT2D eigenvalue weighted by Crippen LogP contribution is -2.13. The quantitative estimate of drug-likeness (QED) is 0.286. The lowest BCUT2D eigenvalue weighted by atomic mass is 10.1. The van der Waals surface area contributed by atoms with Crippen LogP contribution in [0.2, 0.25) is 0 Å². The van der Waals surface area contributed by atoms with Crippen LogP contribution in [0.5, 0.6) is 5.75 Å². The molecule has 2 N–H and O–H groups in total. The van der Waals surface area contributed by atoms with E-state index in [1.807, 2.05) is 0 Å². The molecule has 6 nitrogen and oxygen atoms in total. The van der Waals surface area contributed by atoms with Gasteiger partial charge < -0.3 is 19.9 Å². The second-order valence-corrected chi connectivity index (χ2v) is 8.22. The average Bonchev–Trinajstić information content (AvgIpc) is 3.08. The Balaban J connectivity index is 1.72. The second-order valence-electron chi connectivity index (χ2n) is 7.31. The van der Waals surface area contributed by atoms with E-state index < -0.39 is 29.2 Å². The zero-order valence-electron chi connectivity index (χ0n) is 17.8. The van der Waals surface area contributed by atoms with Crippen LogP contribution in [-0.4, -0.2) is 22.6 Å². The smallest absolute Gasteiger partial charge is 0.418 e. The third kappa shape index (κ3) is 4.69. The molecule has 0 radical (unpaired) electrons. The Morgan fingerprint density at radius 3 is 2.44 bits per heavy atom. The highest BCUT2D eigenvalue weighted by Crippen LogP contribution is 2.37. The molecule has 1 heterocycles. The molecule has 0 fully saturated rings. The van der Waals surface area contributed by atoms with E-state index in [-0.39, 0.29) is 17.3 Å². The first kappa shape index (κ1) is 23.6. The summed E-state index contributed by atoms with van der Waals surface area (Å²) in [5.74, 6) is -1.01. The van der Waals surface area contributed by atoms with Gasteiger partial charge in [-0.1, -0.05) is 15.9 Å². The number of methoxy groups -OCH3 is 1. The van der Waals surface area contributed by atoms with Crippen molar-refractivity contribution in [2.24, 2.45) is 7.05 Å². The number of imidazole rings is 1. The Bertz CT molecular complexity index is 1380. The van der Waals surface area contributed by atoms with Crippen molar-refractivity contribution < 1.29 is 27.1 Å². The molecule has 0 saturated carbocycles. The van der Waals surface area contributed by atoms with Crippen LogP contribution in [-0.2, 0) is 13.2 Å². The van der Waals surface area contributed by atoms with Crippen LogP contribution in [0.15, 0.2) is 59.1 Å². The van der Waals surface area contributed by atoms with Crippen molar-refractivity contribution >= 4 is 50.2 Å². The molecule has 0 aliphatic rings. The van der Waals surface area contributed by atoms with E-state index in [4.69, 9.17) is 4.74 Å². The Morgan fingerprint density at radius 1 is 1.09 bits per heavy atom. The molecule has 34 heavy (non-hydrogen) atoms. The Morgan fingerprint density at radius 2 is 1.79 bits per heavy atom. The lowest BCUT2D eigenvalue weighted by molar-refractivity contribution is -0.136. The summed E-state index contributed by atoms with van der Waals surface area (Å²) in [5.41, 5.74) is 0.0502. The molecule has 4 aromatic rings. The van der Waals surface area contributed by atoms with Crippen molar-refractivity contribution in [1.29, 1.82) is 0 Å². The van der Waals surface area contributed by atoms with Gasteiger partial charge in [0.1, 0.15) is 11.6 Å². The molecule has 0 aliphatic carbocycles. The summed E-state index contributed by atoms with van der Waals surface area (Å²) in [6.07, 6.45) is -4.69. The fourth-order valence-electron chi connectivity index (χ4n) is 3.40. The lowest BCUT2D eigenvalue weighted by Gasteiger charge is -2.14. The average molecular weight is 537 g/mol. The van der Waals surface area contributed by atoms with Gasteiger partial charge in [0.05, 0.1) is 35.0 Å². The van der Waals surface area contributed by atoms with E-state index in [1.165, 1.54) is 17.7 Å². The second kappa shape index (κ2) is 8.98. The van der Waals surface area contributed by atoms with E-state index in [2.05, 4.69) is 31.5 Å². The fraction of sp³-hybridized carbons (Fsp3) is 0.130. The number of alkyl halides is 3. The first-order valence-corrected chi connectivity index (χ1v) is 10.6. The number of anilines is 3. The Kier molecular flexibility index (Phi) is 6.22. The molecule has 0 aliphatic heterocycles. The molecule has 3 aromatic carbocycles. The summed E-state index contributed by atoms with van der Waals surface area (Å²) < 4.78 is 61.5. The number of halogens is 5. The fourth-order valence-corrected chi connectivity index (χ4v) is 3.66. The number of benzene rings is 3. The maximum Gasteiger partial charge on any atom is 0.418 e. The number of carbonyl (C=O) groups is 1. The molecule has 1 aromatic heterocycles. The van der Waals surface area contributed by atoms with Gasteiger partial charge in [0.15, 0.2) is 0 Å². The minimum absolute atomic E-state index is 0.0265. The summed E-state index contributed by atoms with van der Waals surface area (Å²) in [4.78, 5) is 17.2. The number of rotatable bonds is 5. The number of ether oxygens (including phenoxy) is 1. The number of fused-ring (bicyclic) bond motifs is 1. The van der Waals surface area contributed by atoms with Gasteiger partial charge in [0.2, 0.25) is 5.95 Å². The van der Waals surface area contributed by atoms with Gasteiger partial charge >= 0.3 is 6.18 Å². The molecule has 0 spiro atoms. The number of aryl methyl sites for hydroxylation is 1. The van der Waals surface area contributed by atoms with Gasteiger partial charge in [0, 0.05) is 23.3 Å². The van der Waals surface area contributed by atoms with Gasteiger partial charge in [-0.15, -0.1) is 0 Å². The van der Waals surface area contributed by atoms with Crippen molar-refractivity contribution in [3.63, 3.8) is 0 Å². The summed E-state index contributed by atoms with van der Waals surface area (Å²) >= 11 is 3.33. The minimum atomic E-state index is -4.69. The number of nitrogens with zero attached hydrogens (tertiary/aromatic N) is 2. The van der Waals surface area contributed by atoms with Crippen molar-refractivity contribution in [2.45, 2.75) is 6.18 Å². The van der Waals surface area contributed by atoms with Gasteiger partial charge in [-0.3, -0.25) is 4.79 Å². The number of amides is 1. The SMILES string of the molecule is COc1cc2c(cc1C(=O)Nc1ccc(Br)cc1)nc(Nc1cc(F)ccc1C(F)(F)F)n2C. The molecule has 11 heteroatoms. The summed E-state index contributed by atoms with van der Waals surface area (Å²) in [6, 6.07) is 12.2. The van der Waals surface area contributed by atoms with Crippen LogP contribution in [0.1, 0.15) is 15.9 Å². The Labute approximate surface area is 199 Å². The Hall–Kier alpha value is -3.60. The monoisotopic (exact) mass is 536 g/mol. The van der Waals surface area contributed by atoms with Crippen LogP contribution < -0.4 is 15.4 Å². The first-order valence-electron chi connectivity index (χ1n) is 9.82. The molecule has 0 bridgehead atoms. The summed E-state index contributed by atoms with van der Waals surface area (Å²) in [5, 5.41) is 5.31. The minimum Gasteiger partial charge on any atom is -0.496 e. The maximum atomic E-state index is 13.7. The van der Waals surface area contributed by atoms with Crippen LogP contribution in [0.25, 0.3) is 11.0 Å². The molecule has 0 unspecified atom stereocenters.